The van der Waals surface area contributed by atoms with Crippen molar-refractivity contribution >= 4 is 23.5 Å². The second kappa shape index (κ2) is 6.69. The topological polar surface area (TPSA) is 62.5 Å². The molecule has 5 nitrogen and oxygen atoms in total. The molecule has 1 amide bonds. The first-order chi connectivity index (χ1) is 11.5. The highest BCUT2D eigenvalue weighted by molar-refractivity contribution is 6.31. The lowest BCUT2D eigenvalue weighted by atomic mass is 9.89. The average Bonchev–Trinajstić information content (AvgIpc) is 2.92. The van der Waals surface area contributed by atoms with Crippen molar-refractivity contribution in [3.8, 4) is 0 Å². The number of aryl methyl sites for hydroxylation is 1. The summed E-state index contributed by atoms with van der Waals surface area (Å²) in [6.07, 6.45) is 3.55. The molecule has 1 aromatic heterocycles. The molecule has 24 heavy (non-hydrogen) atoms. The van der Waals surface area contributed by atoms with Crippen LogP contribution in [0.5, 0.6) is 0 Å². The molecule has 1 saturated heterocycles. The average molecular weight is 347 g/mol. The number of rotatable bonds is 3. The van der Waals surface area contributed by atoms with Gasteiger partial charge >= 0.3 is 5.97 Å². The van der Waals surface area contributed by atoms with E-state index in [0.717, 1.165) is 18.4 Å². The third-order valence-corrected chi connectivity index (χ3v) is 4.71. The van der Waals surface area contributed by atoms with Gasteiger partial charge in [-0.15, -0.1) is 0 Å². The van der Waals surface area contributed by atoms with Gasteiger partial charge < -0.3 is 14.6 Å². The Balaban J connectivity index is 1.79. The molecule has 0 spiro atoms. The van der Waals surface area contributed by atoms with Gasteiger partial charge in [0.2, 0.25) is 0 Å². The highest BCUT2D eigenvalue weighted by atomic mass is 35.5. The van der Waals surface area contributed by atoms with Gasteiger partial charge in [-0.05, 0) is 36.6 Å². The summed E-state index contributed by atoms with van der Waals surface area (Å²) in [6, 6.07) is 8.67. The standard InChI is InChI=1S/C18H19ClN2O3/c1-20-11-15(19)9-16(20)17(22)21-7-3-6-14(10-21)12-4-2-5-13(8-12)18(23)24/h2,4-5,8-9,11,14H,3,6-7,10H2,1H3,(H,23,24)/t14-/m1/s1. The predicted octanol–water partition coefficient (Wildman–Crippen LogP) is 3.40. The quantitative estimate of drug-likeness (QED) is 0.926. The highest BCUT2D eigenvalue weighted by Crippen LogP contribution is 2.28. The minimum atomic E-state index is -0.931. The van der Waals surface area contributed by atoms with Crippen molar-refractivity contribution in [2.75, 3.05) is 13.1 Å². The number of piperidine rings is 1. The van der Waals surface area contributed by atoms with Crippen molar-refractivity contribution in [1.29, 1.82) is 0 Å². The van der Waals surface area contributed by atoms with E-state index >= 15 is 0 Å². The number of hydrogen-bond donors (Lipinski definition) is 1. The van der Waals surface area contributed by atoms with Crippen LogP contribution in [0.25, 0.3) is 0 Å². The van der Waals surface area contributed by atoms with Crippen LogP contribution in [0.15, 0.2) is 36.5 Å². The van der Waals surface area contributed by atoms with Gasteiger partial charge in [0.25, 0.3) is 5.91 Å². The Morgan fingerprint density at radius 2 is 2.08 bits per heavy atom. The van der Waals surface area contributed by atoms with Crippen molar-refractivity contribution in [3.63, 3.8) is 0 Å². The molecule has 2 heterocycles. The normalized spacial score (nSPS) is 17.8. The lowest BCUT2D eigenvalue weighted by molar-refractivity contribution is 0.0684. The molecule has 1 aromatic carbocycles. The van der Waals surface area contributed by atoms with Crippen LogP contribution in [0.1, 0.15) is 45.2 Å². The molecule has 126 valence electrons. The van der Waals surface area contributed by atoms with E-state index in [-0.39, 0.29) is 17.4 Å². The van der Waals surface area contributed by atoms with E-state index in [9.17, 15) is 9.59 Å². The molecule has 0 radical (unpaired) electrons. The summed E-state index contributed by atoms with van der Waals surface area (Å²) in [5.74, 6) is -0.819. The number of carbonyl (C=O) groups excluding carboxylic acids is 1. The van der Waals surface area contributed by atoms with Crippen LogP contribution in [0.2, 0.25) is 5.02 Å². The summed E-state index contributed by atoms with van der Waals surface area (Å²) >= 11 is 5.97. The number of hydrogen-bond acceptors (Lipinski definition) is 2. The number of carbonyl (C=O) groups is 2. The van der Waals surface area contributed by atoms with Gasteiger partial charge in [0.05, 0.1) is 10.6 Å². The van der Waals surface area contributed by atoms with E-state index in [4.69, 9.17) is 16.7 Å². The Morgan fingerprint density at radius 3 is 2.75 bits per heavy atom. The van der Waals surface area contributed by atoms with Crippen LogP contribution in [0.4, 0.5) is 0 Å². The second-order valence-corrected chi connectivity index (χ2v) is 6.61. The minimum Gasteiger partial charge on any atom is -0.478 e. The molecular weight excluding hydrogens is 328 g/mol. The van der Waals surface area contributed by atoms with Crippen molar-refractivity contribution in [1.82, 2.24) is 9.47 Å². The largest absolute Gasteiger partial charge is 0.478 e. The Morgan fingerprint density at radius 1 is 1.29 bits per heavy atom. The maximum absolute atomic E-state index is 12.7. The van der Waals surface area contributed by atoms with E-state index in [1.165, 1.54) is 0 Å². The van der Waals surface area contributed by atoms with Crippen LogP contribution >= 0.6 is 11.6 Å². The maximum Gasteiger partial charge on any atom is 0.335 e. The van der Waals surface area contributed by atoms with Crippen molar-refractivity contribution in [2.45, 2.75) is 18.8 Å². The zero-order chi connectivity index (χ0) is 17.3. The molecule has 0 saturated carbocycles. The molecular formula is C18H19ClN2O3. The number of benzene rings is 1. The summed E-state index contributed by atoms with van der Waals surface area (Å²) in [4.78, 5) is 25.7. The van der Waals surface area contributed by atoms with Gasteiger partial charge in [-0.25, -0.2) is 4.79 Å². The van der Waals surface area contributed by atoms with Gasteiger partial charge in [-0.2, -0.15) is 0 Å². The van der Waals surface area contributed by atoms with Gasteiger partial charge in [0.1, 0.15) is 5.69 Å². The third-order valence-electron chi connectivity index (χ3n) is 4.50. The molecule has 0 bridgehead atoms. The van der Waals surface area contributed by atoms with Gasteiger partial charge in [-0.1, -0.05) is 23.7 Å². The SMILES string of the molecule is Cn1cc(Cl)cc1C(=O)N1CCC[C@@H](c2cccc(C(=O)O)c2)C1. The molecule has 3 rings (SSSR count). The van der Waals surface area contributed by atoms with E-state index in [0.29, 0.717) is 23.8 Å². The highest BCUT2D eigenvalue weighted by Gasteiger charge is 2.27. The Labute approximate surface area is 145 Å². The number of aromatic nitrogens is 1. The fourth-order valence-corrected chi connectivity index (χ4v) is 3.51. The maximum atomic E-state index is 12.7. The second-order valence-electron chi connectivity index (χ2n) is 6.18. The molecule has 6 heteroatoms. The monoisotopic (exact) mass is 346 g/mol. The van der Waals surface area contributed by atoms with Gasteiger partial charge in [-0.3, -0.25) is 4.79 Å². The van der Waals surface area contributed by atoms with Gasteiger partial charge in [0.15, 0.2) is 0 Å². The first-order valence-electron chi connectivity index (χ1n) is 7.90. The zero-order valence-corrected chi connectivity index (χ0v) is 14.2. The number of halogens is 1. The molecule has 1 N–H and O–H groups in total. The van der Waals surface area contributed by atoms with E-state index in [2.05, 4.69) is 0 Å². The number of carboxylic acid groups (broad SMARTS) is 1. The first-order valence-corrected chi connectivity index (χ1v) is 8.28. The molecule has 2 aromatic rings. The zero-order valence-electron chi connectivity index (χ0n) is 13.4. The summed E-state index contributed by atoms with van der Waals surface area (Å²) in [6.45, 7) is 1.29. The number of aromatic carboxylic acids is 1. The van der Waals surface area contributed by atoms with Crippen LogP contribution in [0.3, 0.4) is 0 Å². The number of amides is 1. The molecule has 0 aliphatic carbocycles. The van der Waals surface area contributed by atoms with Crippen molar-refractivity contribution in [3.05, 3.63) is 58.4 Å². The van der Waals surface area contributed by atoms with Crippen molar-refractivity contribution < 1.29 is 14.7 Å². The molecule has 1 atom stereocenters. The molecule has 1 fully saturated rings. The van der Waals surface area contributed by atoms with Crippen LogP contribution < -0.4 is 0 Å². The fraction of sp³-hybridized carbons (Fsp3) is 0.333. The molecule has 1 aliphatic rings. The van der Waals surface area contributed by atoms with E-state index < -0.39 is 5.97 Å². The van der Waals surface area contributed by atoms with Crippen LogP contribution in [-0.2, 0) is 7.05 Å². The van der Waals surface area contributed by atoms with Crippen molar-refractivity contribution in [2.24, 2.45) is 7.05 Å². The smallest absolute Gasteiger partial charge is 0.335 e. The van der Waals surface area contributed by atoms with E-state index in [1.807, 2.05) is 11.0 Å². The molecule has 1 aliphatic heterocycles. The Bertz CT molecular complexity index is 784. The first kappa shape index (κ1) is 16.6. The summed E-state index contributed by atoms with van der Waals surface area (Å²) in [5.41, 5.74) is 1.82. The lowest BCUT2D eigenvalue weighted by Crippen LogP contribution is -2.39. The third kappa shape index (κ3) is 3.31. The van der Waals surface area contributed by atoms with Crippen LogP contribution in [0, 0.1) is 0 Å². The number of carboxylic acids is 1. The van der Waals surface area contributed by atoms with E-state index in [1.54, 1.807) is 42.1 Å². The lowest BCUT2D eigenvalue weighted by Gasteiger charge is -2.33. The minimum absolute atomic E-state index is 0.0384. The molecule has 0 unspecified atom stereocenters. The van der Waals surface area contributed by atoms with Crippen LogP contribution in [-0.4, -0.2) is 39.5 Å². The Kier molecular flexibility index (Phi) is 4.62. The summed E-state index contributed by atoms with van der Waals surface area (Å²) < 4.78 is 1.74. The fourth-order valence-electron chi connectivity index (χ4n) is 3.26. The van der Waals surface area contributed by atoms with Gasteiger partial charge in [0, 0.05) is 32.3 Å². The number of likely N-dealkylation sites (tertiary alicyclic amines) is 1. The predicted molar refractivity (Wildman–Crippen MR) is 91.7 cm³/mol. The summed E-state index contributed by atoms with van der Waals surface area (Å²) in [5, 5.41) is 9.69. The summed E-state index contributed by atoms with van der Waals surface area (Å²) in [7, 11) is 1.80. The number of nitrogens with zero attached hydrogens (tertiary/aromatic N) is 2. The Hall–Kier alpha value is -2.27.